The number of nitrogen functional groups attached to an aromatic ring is 1. The van der Waals surface area contributed by atoms with Gasteiger partial charge in [0.05, 0.1) is 17.6 Å². The predicted molar refractivity (Wildman–Crippen MR) is 103 cm³/mol. The van der Waals surface area contributed by atoms with E-state index in [0.29, 0.717) is 18.0 Å². The maximum Gasteiger partial charge on any atom is 0.340 e. The predicted octanol–water partition coefficient (Wildman–Crippen LogP) is 3.32. The number of carbonyl (C=O) groups is 1. The van der Waals surface area contributed by atoms with Crippen LogP contribution in [0.4, 0.5) is 5.69 Å². The minimum atomic E-state index is -3.61. The standard InChI is InChI=1S/C19H24N2O5S/c1-3-4-5-11-21-27(23,24)16-8-6-7-14(12-16)26-15-9-10-18(20)17(13-15)19(22)25-2/h6-10,12-13,21H,3-5,11,20H2,1-2H3. The first-order chi connectivity index (χ1) is 12.9. The molecule has 7 nitrogen and oxygen atoms in total. The normalized spacial score (nSPS) is 11.2. The molecular weight excluding hydrogens is 368 g/mol. The van der Waals surface area contributed by atoms with E-state index in [2.05, 4.69) is 16.4 Å². The fourth-order valence-corrected chi connectivity index (χ4v) is 3.50. The molecular formula is C19H24N2O5S. The number of hydrogen-bond donors (Lipinski definition) is 2. The van der Waals surface area contributed by atoms with Gasteiger partial charge in [0.25, 0.3) is 0 Å². The van der Waals surface area contributed by atoms with Crippen LogP contribution in [-0.4, -0.2) is 28.0 Å². The SMILES string of the molecule is CCCCCNS(=O)(=O)c1cccc(Oc2ccc(N)c(C(=O)OC)c2)c1. The number of anilines is 1. The molecule has 27 heavy (non-hydrogen) atoms. The number of ether oxygens (including phenoxy) is 2. The lowest BCUT2D eigenvalue weighted by Gasteiger charge is -2.11. The summed E-state index contributed by atoms with van der Waals surface area (Å²) in [6.07, 6.45) is 2.76. The lowest BCUT2D eigenvalue weighted by atomic mass is 10.1. The molecule has 0 aliphatic rings. The molecule has 0 saturated heterocycles. The minimum absolute atomic E-state index is 0.111. The second-order valence-electron chi connectivity index (χ2n) is 5.92. The number of nitrogens with two attached hydrogens (primary N) is 1. The molecule has 0 unspecified atom stereocenters. The number of methoxy groups -OCH3 is 1. The summed E-state index contributed by atoms with van der Waals surface area (Å²) in [5.74, 6) is 0.0904. The number of sulfonamides is 1. The van der Waals surface area contributed by atoms with Crippen molar-refractivity contribution in [1.29, 1.82) is 0 Å². The van der Waals surface area contributed by atoms with Crippen LogP contribution < -0.4 is 15.2 Å². The van der Waals surface area contributed by atoms with Gasteiger partial charge in [0, 0.05) is 18.3 Å². The Bertz CT molecular complexity index is 897. The third-order valence-electron chi connectivity index (χ3n) is 3.85. The number of benzene rings is 2. The molecule has 0 spiro atoms. The van der Waals surface area contributed by atoms with Crippen molar-refractivity contribution in [3.05, 3.63) is 48.0 Å². The molecule has 0 aliphatic carbocycles. The molecule has 2 rings (SSSR count). The van der Waals surface area contributed by atoms with Gasteiger partial charge in [0.2, 0.25) is 10.0 Å². The Morgan fingerprint density at radius 2 is 1.85 bits per heavy atom. The quantitative estimate of drug-likeness (QED) is 0.385. The molecule has 0 bridgehead atoms. The molecule has 2 aromatic carbocycles. The Kier molecular flexibility index (Phi) is 7.20. The summed E-state index contributed by atoms with van der Waals surface area (Å²) >= 11 is 0. The lowest BCUT2D eigenvalue weighted by molar-refractivity contribution is 0.0601. The van der Waals surface area contributed by atoms with Gasteiger partial charge in [0.1, 0.15) is 11.5 Å². The van der Waals surface area contributed by atoms with Crippen LogP contribution >= 0.6 is 0 Å². The fraction of sp³-hybridized carbons (Fsp3) is 0.316. The third kappa shape index (κ3) is 5.70. The van der Waals surface area contributed by atoms with E-state index >= 15 is 0 Å². The van der Waals surface area contributed by atoms with Gasteiger partial charge >= 0.3 is 5.97 Å². The average Bonchev–Trinajstić information content (AvgIpc) is 2.66. The molecule has 0 radical (unpaired) electrons. The van der Waals surface area contributed by atoms with Gasteiger partial charge in [-0.1, -0.05) is 25.8 Å². The number of nitrogens with one attached hydrogen (secondary N) is 1. The van der Waals surface area contributed by atoms with Crippen molar-refractivity contribution >= 4 is 21.7 Å². The summed E-state index contributed by atoms with van der Waals surface area (Å²) in [6.45, 7) is 2.44. The summed E-state index contributed by atoms with van der Waals surface area (Å²) in [6, 6.07) is 10.7. The van der Waals surface area contributed by atoms with E-state index < -0.39 is 16.0 Å². The zero-order valence-corrected chi connectivity index (χ0v) is 16.2. The Balaban J connectivity index is 2.17. The fourth-order valence-electron chi connectivity index (χ4n) is 2.39. The third-order valence-corrected chi connectivity index (χ3v) is 5.31. The van der Waals surface area contributed by atoms with Crippen LogP contribution in [0.1, 0.15) is 36.5 Å². The van der Waals surface area contributed by atoms with Crippen molar-refractivity contribution in [3.63, 3.8) is 0 Å². The van der Waals surface area contributed by atoms with E-state index in [1.807, 2.05) is 0 Å². The number of unbranched alkanes of at least 4 members (excludes halogenated alkanes) is 2. The highest BCUT2D eigenvalue weighted by Gasteiger charge is 2.15. The van der Waals surface area contributed by atoms with Gasteiger partial charge in [-0.2, -0.15) is 0 Å². The van der Waals surface area contributed by atoms with Crippen molar-refractivity contribution < 1.29 is 22.7 Å². The summed E-state index contributed by atoms with van der Waals surface area (Å²) in [7, 11) is -2.35. The number of rotatable bonds is 9. The average molecular weight is 392 g/mol. The summed E-state index contributed by atoms with van der Waals surface area (Å²) < 4.78 is 37.7. The molecule has 146 valence electrons. The number of esters is 1. The molecule has 0 fully saturated rings. The molecule has 0 aromatic heterocycles. The van der Waals surface area contributed by atoms with E-state index in [1.54, 1.807) is 18.2 Å². The molecule has 8 heteroatoms. The Labute approximate surface area is 159 Å². The van der Waals surface area contributed by atoms with Crippen LogP contribution in [0.3, 0.4) is 0 Å². The summed E-state index contributed by atoms with van der Waals surface area (Å²) in [4.78, 5) is 11.8. The Morgan fingerprint density at radius 1 is 1.11 bits per heavy atom. The van der Waals surface area contributed by atoms with E-state index in [0.717, 1.165) is 19.3 Å². The first-order valence-corrected chi connectivity index (χ1v) is 10.1. The Hall–Kier alpha value is -2.58. The van der Waals surface area contributed by atoms with Gasteiger partial charge in [-0.3, -0.25) is 0 Å². The smallest absolute Gasteiger partial charge is 0.340 e. The maximum atomic E-state index is 12.4. The highest BCUT2D eigenvalue weighted by Crippen LogP contribution is 2.27. The molecule has 3 N–H and O–H groups in total. The molecule has 0 atom stereocenters. The first-order valence-electron chi connectivity index (χ1n) is 8.63. The van der Waals surface area contributed by atoms with Crippen LogP contribution in [0.15, 0.2) is 47.4 Å². The molecule has 0 heterocycles. The molecule has 0 saturated carbocycles. The monoisotopic (exact) mass is 392 g/mol. The highest BCUT2D eigenvalue weighted by atomic mass is 32.2. The van der Waals surface area contributed by atoms with E-state index in [9.17, 15) is 13.2 Å². The van der Waals surface area contributed by atoms with Crippen molar-refractivity contribution in [2.45, 2.75) is 31.1 Å². The first kappa shape index (κ1) is 20.7. The second kappa shape index (κ2) is 9.38. The topological polar surface area (TPSA) is 108 Å². The number of carbonyl (C=O) groups excluding carboxylic acids is 1. The van der Waals surface area contributed by atoms with Crippen molar-refractivity contribution in [3.8, 4) is 11.5 Å². The van der Waals surface area contributed by atoms with E-state index in [1.165, 1.54) is 31.4 Å². The molecule has 0 aliphatic heterocycles. The van der Waals surface area contributed by atoms with Crippen molar-refractivity contribution in [1.82, 2.24) is 4.72 Å². The minimum Gasteiger partial charge on any atom is -0.465 e. The summed E-state index contributed by atoms with van der Waals surface area (Å²) in [5, 5.41) is 0. The highest BCUT2D eigenvalue weighted by molar-refractivity contribution is 7.89. The Morgan fingerprint density at radius 3 is 2.56 bits per heavy atom. The zero-order chi connectivity index (χ0) is 19.9. The van der Waals surface area contributed by atoms with Gasteiger partial charge in [0.15, 0.2) is 0 Å². The van der Waals surface area contributed by atoms with Gasteiger partial charge in [-0.15, -0.1) is 0 Å². The van der Waals surface area contributed by atoms with Gasteiger partial charge in [-0.25, -0.2) is 17.9 Å². The van der Waals surface area contributed by atoms with Gasteiger partial charge < -0.3 is 15.2 Å². The van der Waals surface area contributed by atoms with Gasteiger partial charge in [-0.05, 0) is 36.8 Å². The van der Waals surface area contributed by atoms with Crippen LogP contribution in [0, 0.1) is 0 Å². The largest absolute Gasteiger partial charge is 0.465 e. The van der Waals surface area contributed by atoms with E-state index in [4.69, 9.17) is 10.5 Å². The number of hydrogen-bond acceptors (Lipinski definition) is 6. The lowest BCUT2D eigenvalue weighted by Crippen LogP contribution is -2.24. The van der Waals surface area contributed by atoms with E-state index in [-0.39, 0.29) is 16.1 Å². The van der Waals surface area contributed by atoms with Crippen LogP contribution in [0.25, 0.3) is 0 Å². The van der Waals surface area contributed by atoms with Crippen LogP contribution in [-0.2, 0) is 14.8 Å². The second-order valence-corrected chi connectivity index (χ2v) is 7.69. The van der Waals surface area contributed by atoms with Crippen molar-refractivity contribution in [2.75, 3.05) is 19.4 Å². The van der Waals surface area contributed by atoms with Crippen LogP contribution in [0.2, 0.25) is 0 Å². The van der Waals surface area contributed by atoms with Crippen molar-refractivity contribution in [2.24, 2.45) is 0 Å². The summed E-state index contributed by atoms with van der Waals surface area (Å²) in [5.41, 5.74) is 6.21. The van der Waals surface area contributed by atoms with Crippen LogP contribution in [0.5, 0.6) is 11.5 Å². The maximum absolute atomic E-state index is 12.4. The molecule has 0 amide bonds. The molecule has 2 aromatic rings. The zero-order valence-electron chi connectivity index (χ0n) is 15.4.